The molecule has 5 nitrogen and oxygen atoms in total. The molecule has 5 heteroatoms. The van der Waals surface area contributed by atoms with Gasteiger partial charge in [-0.1, -0.05) is 19.1 Å². The Morgan fingerprint density at radius 3 is 2.62 bits per heavy atom. The second-order valence-electron chi connectivity index (χ2n) is 6.59. The maximum absolute atomic E-state index is 11.9. The minimum absolute atomic E-state index is 0.0295. The number of guanidine groups is 1. The molecule has 0 spiro atoms. The number of carbonyl (C=O) groups excluding carboxylic acids is 1. The Kier molecular flexibility index (Phi) is 7.09. The van der Waals surface area contributed by atoms with Crippen molar-refractivity contribution in [2.45, 2.75) is 52.1 Å². The van der Waals surface area contributed by atoms with E-state index in [2.05, 4.69) is 27.9 Å². The monoisotopic (exact) mass is 330 g/mol. The fraction of sp³-hybridized carbons (Fsp3) is 0.579. The number of carbonyl (C=O) groups is 1. The number of aliphatic imine (C=N–C) groups is 1. The number of hydrogen-bond acceptors (Lipinski definition) is 2. The van der Waals surface area contributed by atoms with Gasteiger partial charge >= 0.3 is 0 Å². The van der Waals surface area contributed by atoms with Crippen molar-refractivity contribution in [3.63, 3.8) is 0 Å². The van der Waals surface area contributed by atoms with Crippen LogP contribution in [-0.4, -0.2) is 31.5 Å². The van der Waals surface area contributed by atoms with Crippen LogP contribution < -0.4 is 16.0 Å². The quantitative estimate of drug-likeness (QED) is 0.574. The van der Waals surface area contributed by atoms with Gasteiger partial charge in [-0.2, -0.15) is 0 Å². The van der Waals surface area contributed by atoms with Gasteiger partial charge in [0.15, 0.2) is 5.96 Å². The zero-order chi connectivity index (χ0) is 17.4. The molecule has 1 aliphatic carbocycles. The van der Waals surface area contributed by atoms with E-state index in [-0.39, 0.29) is 5.91 Å². The summed E-state index contributed by atoms with van der Waals surface area (Å²) in [7, 11) is 1.80. The smallest absolute Gasteiger partial charge is 0.251 e. The lowest BCUT2D eigenvalue weighted by Gasteiger charge is -2.28. The van der Waals surface area contributed by atoms with Crippen molar-refractivity contribution >= 4 is 11.9 Å². The molecule has 1 aliphatic rings. The zero-order valence-electron chi connectivity index (χ0n) is 15.1. The van der Waals surface area contributed by atoms with E-state index in [0.717, 1.165) is 17.4 Å². The van der Waals surface area contributed by atoms with Gasteiger partial charge in [0.1, 0.15) is 0 Å². The molecule has 0 aliphatic heterocycles. The van der Waals surface area contributed by atoms with Crippen LogP contribution in [0, 0.1) is 5.92 Å². The second-order valence-corrected chi connectivity index (χ2v) is 6.59. The summed E-state index contributed by atoms with van der Waals surface area (Å²) >= 11 is 0. The van der Waals surface area contributed by atoms with E-state index in [1.54, 1.807) is 7.05 Å². The molecule has 0 aromatic heterocycles. The van der Waals surface area contributed by atoms with Crippen LogP contribution in [0.2, 0.25) is 0 Å². The zero-order valence-corrected chi connectivity index (χ0v) is 15.1. The van der Waals surface area contributed by atoms with Crippen molar-refractivity contribution in [2.75, 3.05) is 13.6 Å². The number of benzene rings is 1. The van der Waals surface area contributed by atoms with Crippen LogP contribution in [0.4, 0.5) is 0 Å². The van der Waals surface area contributed by atoms with Crippen molar-refractivity contribution < 1.29 is 4.79 Å². The van der Waals surface area contributed by atoms with E-state index < -0.39 is 0 Å². The fourth-order valence-electron chi connectivity index (χ4n) is 3.06. The fourth-order valence-corrected chi connectivity index (χ4v) is 3.06. The maximum atomic E-state index is 11.9. The third kappa shape index (κ3) is 5.55. The highest BCUT2D eigenvalue weighted by molar-refractivity contribution is 5.94. The first-order valence-corrected chi connectivity index (χ1v) is 8.96. The molecule has 1 fully saturated rings. The highest BCUT2D eigenvalue weighted by atomic mass is 16.1. The summed E-state index contributed by atoms with van der Waals surface area (Å²) in [5.41, 5.74) is 1.76. The van der Waals surface area contributed by atoms with E-state index in [0.29, 0.717) is 24.7 Å². The molecule has 1 aromatic carbocycles. The molecule has 0 saturated heterocycles. The SMILES string of the molecule is CCNC(=O)c1cccc(CNC(=NC)NC2CCC(C)CC2)c1. The first-order valence-electron chi connectivity index (χ1n) is 8.96. The van der Waals surface area contributed by atoms with Crippen LogP contribution in [0.5, 0.6) is 0 Å². The van der Waals surface area contributed by atoms with E-state index >= 15 is 0 Å². The molecule has 0 radical (unpaired) electrons. The van der Waals surface area contributed by atoms with Crippen LogP contribution in [0.15, 0.2) is 29.3 Å². The summed E-state index contributed by atoms with van der Waals surface area (Å²) in [6, 6.07) is 8.21. The van der Waals surface area contributed by atoms with Gasteiger partial charge in [0, 0.05) is 31.7 Å². The molecular weight excluding hydrogens is 300 g/mol. The molecule has 24 heavy (non-hydrogen) atoms. The van der Waals surface area contributed by atoms with E-state index in [1.807, 2.05) is 31.2 Å². The molecule has 0 unspecified atom stereocenters. The average Bonchev–Trinajstić information content (AvgIpc) is 2.60. The lowest BCUT2D eigenvalue weighted by atomic mass is 9.87. The maximum Gasteiger partial charge on any atom is 0.251 e. The molecule has 0 heterocycles. The Morgan fingerprint density at radius 1 is 1.21 bits per heavy atom. The van der Waals surface area contributed by atoms with Gasteiger partial charge in [0.05, 0.1) is 0 Å². The van der Waals surface area contributed by atoms with Gasteiger partial charge < -0.3 is 16.0 Å². The van der Waals surface area contributed by atoms with Gasteiger partial charge in [-0.25, -0.2) is 0 Å². The van der Waals surface area contributed by atoms with E-state index in [1.165, 1.54) is 25.7 Å². The Labute approximate surface area is 145 Å². The Balaban J connectivity index is 1.87. The van der Waals surface area contributed by atoms with Crippen molar-refractivity contribution in [1.29, 1.82) is 0 Å². The summed E-state index contributed by atoms with van der Waals surface area (Å²) in [6.45, 7) is 5.53. The van der Waals surface area contributed by atoms with Crippen LogP contribution in [-0.2, 0) is 6.54 Å². The third-order valence-corrected chi connectivity index (χ3v) is 4.57. The van der Waals surface area contributed by atoms with Crippen LogP contribution in [0.1, 0.15) is 55.5 Å². The normalized spacial score (nSPS) is 21.2. The third-order valence-electron chi connectivity index (χ3n) is 4.57. The molecule has 2 rings (SSSR count). The van der Waals surface area contributed by atoms with Crippen LogP contribution >= 0.6 is 0 Å². The molecule has 1 amide bonds. The Bertz CT molecular complexity index is 562. The number of hydrogen-bond donors (Lipinski definition) is 3. The molecule has 1 saturated carbocycles. The van der Waals surface area contributed by atoms with Gasteiger partial charge in [-0.15, -0.1) is 0 Å². The topological polar surface area (TPSA) is 65.5 Å². The van der Waals surface area contributed by atoms with Crippen molar-refractivity contribution in [3.05, 3.63) is 35.4 Å². The number of rotatable bonds is 5. The van der Waals surface area contributed by atoms with Crippen molar-refractivity contribution in [1.82, 2.24) is 16.0 Å². The highest BCUT2D eigenvalue weighted by Crippen LogP contribution is 2.23. The summed E-state index contributed by atoms with van der Waals surface area (Å²) in [6.07, 6.45) is 4.97. The lowest BCUT2D eigenvalue weighted by molar-refractivity contribution is 0.0955. The molecular formula is C19H30N4O. The first-order chi connectivity index (χ1) is 11.6. The number of amides is 1. The molecule has 0 bridgehead atoms. The molecule has 132 valence electrons. The second kappa shape index (κ2) is 9.30. The van der Waals surface area contributed by atoms with Crippen molar-refractivity contribution in [2.24, 2.45) is 10.9 Å². The summed E-state index contributed by atoms with van der Waals surface area (Å²) < 4.78 is 0. The predicted molar refractivity (Wildman–Crippen MR) is 99.2 cm³/mol. The standard InChI is InChI=1S/C19H30N4O/c1-4-21-18(24)16-7-5-6-15(12-16)13-22-19(20-3)23-17-10-8-14(2)9-11-17/h5-7,12,14,17H,4,8-11,13H2,1-3H3,(H,21,24)(H2,20,22,23). The summed E-state index contributed by atoms with van der Waals surface area (Å²) in [4.78, 5) is 16.2. The molecule has 1 aromatic rings. The molecule has 3 N–H and O–H groups in total. The minimum Gasteiger partial charge on any atom is -0.354 e. The summed E-state index contributed by atoms with van der Waals surface area (Å²) in [5.74, 6) is 1.64. The summed E-state index contributed by atoms with van der Waals surface area (Å²) in [5, 5.41) is 9.69. The van der Waals surface area contributed by atoms with Crippen LogP contribution in [0.25, 0.3) is 0 Å². The molecule has 0 atom stereocenters. The number of nitrogens with zero attached hydrogens (tertiary/aromatic N) is 1. The highest BCUT2D eigenvalue weighted by Gasteiger charge is 2.18. The first kappa shape index (κ1) is 18.3. The largest absolute Gasteiger partial charge is 0.354 e. The van der Waals surface area contributed by atoms with E-state index in [9.17, 15) is 4.79 Å². The van der Waals surface area contributed by atoms with Gasteiger partial charge in [0.2, 0.25) is 0 Å². The Morgan fingerprint density at radius 2 is 1.96 bits per heavy atom. The van der Waals surface area contributed by atoms with Gasteiger partial charge in [-0.3, -0.25) is 9.79 Å². The van der Waals surface area contributed by atoms with Gasteiger partial charge in [0.25, 0.3) is 5.91 Å². The minimum atomic E-state index is -0.0295. The Hall–Kier alpha value is -2.04. The van der Waals surface area contributed by atoms with E-state index in [4.69, 9.17) is 0 Å². The number of nitrogens with one attached hydrogen (secondary N) is 3. The average molecular weight is 330 g/mol. The van der Waals surface area contributed by atoms with Gasteiger partial charge in [-0.05, 0) is 56.2 Å². The van der Waals surface area contributed by atoms with Crippen LogP contribution in [0.3, 0.4) is 0 Å². The predicted octanol–water partition coefficient (Wildman–Crippen LogP) is 2.68. The van der Waals surface area contributed by atoms with Crippen molar-refractivity contribution in [3.8, 4) is 0 Å². The lowest BCUT2D eigenvalue weighted by Crippen LogP contribution is -2.44.